The van der Waals surface area contributed by atoms with E-state index >= 15 is 0 Å². The lowest BCUT2D eigenvalue weighted by Gasteiger charge is -2.11. The van der Waals surface area contributed by atoms with Gasteiger partial charge in [-0.25, -0.2) is 0 Å². The summed E-state index contributed by atoms with van der Waals surface area (Å²) in [5, 5.41) is 0.852. The Morgan fingerprint density at radius 2 is 2.13 bits per heavy atom. The van der Waals surface area contributed by atoms with Crippen LogP contribution in [-0.2, 0) is 5.33 Å². The van der Waals surface area contributed by atoms with Gasteiger partial charge in [-0.15, -0.1) is 0 Å². The van der Waals surface area contributed by atoms with Crippen molar-refractivity contribution < 1.29 is 4.74 Å². The van der Waals surface area contributed by atoms with Crippen molar-refractivity contribution in [3.05, 3.63) is 27.7 Å². The number of methoxy groups -OCH3 is 1. The highest BCUT2D eigenvalue weighted by Gasteiger charge is 2.36. The van der Waals surface area contributed by atoms with E-state index in [1.807, 2.05) is 0 Å². The molecule has 0 aliphatic heterocycles. The molecule has 0 aromatic heterocycles. The predicted octanol–water partition coefficient (Wildman–Crippen LogP) is 4.48. The molecule has 2 atom stereocenters. The second-order valence-electron chi connectivity index (χ2n) is 4.14. The molecule has 15 heavy (non-hydrogen) atoms. The van der Waals surface area contributed by atoms with Gasteiger partial charge < -0.3 is 4.74 Å². The normalized spacial score (nSPS) is 24.0. The molecule has 1 aromatic carbocycles. The average molecular weight is 334 g/mol. The molecule has 0 amide bonds. The van der Waals surface area contributed by atoms with Crippen molar-refractivity contribution in [3.63, 3.8) is 0 Å². The monoisotopic (exact) mass is 332 g/mol. The smallest absolute Gasteiger partial charge is 0.122 e. The Morgan fingerprint density at radius 3 is 2.60 bits per heavy atom. The molecule has 0 bridgehead atoms. The van der Waals surface area contributed by atoms with Gasteiger partial charge in [0.1, 0.15) is 5.75 Å². The molecule has 1 aliphatic rings. The van der Waals surface area contributed by atoms with Crippen LogP contribution in [0.15, 0.2) is 16.6 Å². The molecule has 0 spiro atoms. The summed E-state index contributed by atoms with van der Waals surface area (Å²) in [5.41, 5.74) is 2.59. The maximum atomic E-state index is 5.45. The number of halogens is 2. The van der Waals surface area contributed by atoms with E-state index in [0.29, 0.717) is 5.92 Å². The Kier molecular flexibility index (Phi) is 3.41. The summed E-state index contributed by atoms with van der Waals surface area (Å²) in [6.07, 6.45) is 1.29. The van der Waals surface area contributed by atoms with Crippen LogP contribution in [0.25, 0.3) is 0 Å². The van der Waals surface area contributed by atoms with Crippen LogP contribution in [0.2, 0.25) is 0 Å². The Bertz CT molecular complexity index is 376. The van der Waals surface area contributed by atoms with E-state index in [2.05, 4.69) is 50.9 Å². The SMILES string of the molecule is COc1cc(CBr)c(Br)cc1[C@H]1CC1C. The maximum absolute atomic E-state index is 5.45. The highest BCUT2D eigenvalue weighted by atomic mass is 79.9. The number of rotatable bonds is 3. The first-order valence-electron chi connectivity index (χ1n) is 5.09. The number of hydrogen-bond donors (Lipinski definition) is 0. The Hall–Kier alpha value is -0.0200. The van der Waals surface area contributed by atoms with Gasteiger partial charge in [-0.05, 0) is 41.5 Å². The number of hydrogen-bond acceptors (Lipinski definition) is 1. The van der Waals surface area contributed by atoms with Crippen LogP contribution in [0.1, 0.15) is 30.4 Å². The van der Waals surface area contributed by atoms with E-state index in [-0.39, 0.29) is 0 Å². The molecule has 1 saturated carbocycles. The predicted molar refractivity (Wildman–Crippen MR) is 69.8 cm³/mol. The average Bonchev–Trinajstić information content (AvgIpc) is 2.95. The largest absolute Gasteiger partial charge is 0.496 e. The van der Waals surface area contributed by atoms with Crippen LogP contribution in [0, 0.1) is 5.92 Å². The minimum Gasteiger partial charge on any atom is -0.496 e. The lowest BCUT2D eigenvalue weighted by molar-refractivity contribution is 0.409. The Labute approximate surface area is 107 Å². The molecule has 1 aromatic rings. The Balaban J connectivity index is 2.40. The van der Waals surface area contributed by atoms with Crippen molar-refractivity contribution in [1.29, 1.82) is 0 Å². The topological polar surface area (TPSA) is 9.23 Å². The van der Waals surface area contributed by atoms with Crippen molar-refractivity contribution in [3.8, 4) is 5.75 Å². The summed E-state index contributed by atoms with van der Waals surface area (Å²) >= 11 is 7.08. The van der Waals surface area contributed by atoms with Gasteiger partial charge >= 0.3 is 0 Å². The van der Waals surface area contributed by atoms with Gasteiger partial charge in [-0.3, -0.25) is 0 Å². The molecule has 0 N–H and O–H groups in total. The summed E-state index contributed by atoms with van der Waals surface area (Å²) in [6.45, 7) is 2.29. The quantitative estimate of drug-likeness (QED) is 0.741. The van der Waals surface area contributed by atoms with E-state index in [1.165, 1.54) is 22.0 Å². The fraction of sp³-hybridized carbons (Fsp3) is 0.500. The van der Waals surface area contributed by atoms with E-state index in [9.17, 15) is 0 Å². The molecule has 1 fully saturated rings. The van der Waals surface area contributed by atoms with Gasteiger partial charge in [0.15, 0.2) is 0 Å². The van der Waals surface area contributed by atoms with Crippen LogP contribution in [0.3, 0.4) is 0 Å². The zero-order chi connectivity index (χ0) is 11.0. The molecular formula is C12H14Br2O. The molecule has 0 radical (unpaired) electrons. The zero-order valence-electron chi connectivity index (χ0n) is 8.89. The third-order valence-electron chi connectivity index (χ3n) is 3.05. The lowest BCUT2D eigenvalue weighted by atomic mass is 10.1. The van der Waals surface area contributed by atoms with Crippen molar-refractivity contribution in [2.24, 2.45) is 5.92 Å². The van der Waals surface area contributed by atoms with Gasteiger partial charge in [-0.1, -0.05) is 38.8 Å². The minimum absolute atomic E-state index is 0.695. The number of ether oxygens (including phenoxy) is 1. The Morgan fingerprint density at radius 1 is 1.47 bits per heavy atom. The summed E-state index contributed by atoms with van der Waals surface area (Å²) in [6, 6.07) is 4.34. The molecule has 3 heteroatoms. The highest BCUT2D eigenvalue weighted by Crippen LogP contribution is 2.51. The standard InChI is InChI=1S/C12H14Br2O/c1-7-3-9(7)10-5-11(14)8(6-13)4-12(10)15-2/h4-5,7,9H,3,6H2,1-2H3/t7?,9-/m0/s1. The molecule has 82 valence electrons. The summed E-state index contributed by atoms with van der Waals surface area (Å²) in [4.78, 5) is 0. The first-order chi connectivity index (χ1) is 7.17. The molecule has 1 nitrogen and oxygen atoms in total. The fourth-order valence-electron chi connectivity index (χ4n) is 1.94. The molecule has 2 rings (SSSR count). The maximum Gasteiger partial charge on any atom is 0.122 e. The molecular weight excluding hydrogens is 320 g/mol. The molecule has 1 unspecified atom stereocenters. The summed E-state index contributed by atoms with van der Waals surface area (Å²) in [5.74, 6) is 2.53. The van der Waals surface area contributed by atoms with E-state index < -0.39 is 0 Å². The summed E-state index contributed by atoms with van der Waals surface area (Å²) < 4.78 is 6.63. The lowest BCUT2D eigenvalue weighted by Crippen LogP contribution is -1.94. The van der Waals surface area contributed by atoms with E-state index in [4.69, 9.17) is 4.74 Å². The van der Waals surface area contributed by atoms with Crippen LogP contribution in [0.4, 0.5) is 0 Å². The van der Waals surface area contributed by atoms with Gasteiger partial charge in [-0.2, -0.15) is 0 Å². The molecule has 0 heterocycles. The van der Waals surface area contributed by atoms with Crippen LogP contribution in [0.5, 0.6) is 5.75 Å². The van der Waals surface area contributed by atoms with Gasteiger partial charge in [0.2, 0.25) is 0 Å². The summed E-state index contributed by atoms with van der Waals surface area (Å²) in [7, 11) is 1.75. The third-order valence-corrected chi connectivity index (χ3v) is 4.39. The second kappa shape index (κ2) is 4.46. The number of alkyl halides is 1. The second-order valence-corrected chi connectivity index (χ2v) is 5.55. The minimum atomic E-state index is 0.695. The van der Waals surface area contributed by atoms with Gasteiger partial charge in [0.25, 0.3) is 0 Å². The first kappa shape index (κ1) is 11.5. The molecule has 0 saturated heterocycles. The van der Waals surface area contributed by atoms with E-state index in [1.54, 1.807) is 7.11 Å². The van der Waals surface area contributed by atoms with E-state index in [0.717, 1.165) is 17.0 Å². The van der Waals surface area contributed by atoms with Gasteiger partial charge in [0, 0.05) is 9.80 Å². The van der Waals surface area contributed by atoms with Crippen molar-refractivity contribution in [2.45, 2.75) is 24.6 Å². The number of benzene rings is 1. The molecule has 1 aliphatic carbocycles. The first-order valence-corrected chi connectivity index (χ1v) is 7.01. The van der Waals surface area contributed by atoms with Gasteiger partial charge in [0.05, 0.1) is 7.11 Å². The highest BCUT2D eigenvalue weighted by molar-refractivity contribution is 9.10. The van der Waals surface area contributed by atoms with Crippen LogP contribution >= 0.6 is 31.9 Å². The van der Waals surface area contributed by atoms with Crippen molar-refractivity contribution >= 4 is 31.9 Å². The third kappa shape index (κ3) is 2.23. The van der Waals surface area contributed by atoms with Crippen molar-refractivity contribution in [1.82, 2.24) is 0 Å². The fourth-order valence-corrected chi connectivity index (χ4v) is 3.28. The van der Waals surface area contributed by atoms with Crippen molar-refractivity contribution in [2.75, 3.05) is 7.11 Å². The van der Waals surface area contributed by atoms with Crippen LogP contribution in [-0.4, -0.2) is 7.11 Å². The van der Waals surface area contributed by atoms with Crippen LogP contribution < -0.4 is 4.74 Å². The zero-order valence-corrected chi connectivity index (χ0v) is 12.1.